The van der Waals surface area contributed by atoms with Gasteiger partial charge < -0.3 is 4.74 Å². The van der Waals surface area contributed by atoms with Crippen molar-refractivity contribution in [1.82, 2.24) is 5.43 Å². The minimum absolute atomic E-state index is 0.265. The largest absolute Gasteiger partial charge is 0.504 e. The lowest BCUT2D eigenvalue weighted by Crippen LogP contribution is -2.27. The summed E-state index contributed by atoms with van der Waals surface area (Å²) < 4.78 is 4.61. The van der Waals surface area contributed by atoms with Crippen LogP contribution in [0.3, 0.4) is 0 Å². The number of benzene rings is 1. The molecule has 0 aromatic heterocycles. The van der Waals surface area contributed by atoms with Gasteiger partial charge >= 0.3 is 0 Å². The van der Waals surface area contributed by atoms with Gasteiger partial charge in [0.2, 0.25) is 0 Å². The molecule has 0 radical (unpaired) electrons. The van der Waals surface area contributed by atoms with Gasteiger partial charge in [-0.25, -0.2) is 0 Å². The fourth-order valence-electron chi connectivity index (χ4n) is 1.03. The van der Waals surface area contributed by atoms with Crippen molar-refractivity contribution >= 4 is 11.6 Å². The number of hydrazine groups is 1. The number of carbonyl (C=O) groups excluding carboxylic acids is 1. The lowest BCUT2D eigenvalue weighted by atomic mass is 10.2. The van der Waals surface area contributed by atoms with E-state index in [1.165, 1.54) is 19.4 Å². The first-order chi connectivity index (χ1) is 7.22. The van der Waals surface area contributed by atoms with Crippen molar-refractivity contribution in [2.24, 2.45) is 0 Å². The van der Waals surface area contributed by atoms with Gasteiger partial charge in [0.1, 0.15) is 0 Å². The summed E-state index contributed by atoms with van der Waals surface area (Å²) >= 11 is 0. The molecule has 0 spiro atoms. The van der Waals surface area contributed by atoms with Crippen molar-refractivity contribution in [2.75, 3.05) is 12.5 Å². The first-order valence-corrected chi connectivity index (χ1v) is 4.54. The minimum Gasteiger partial charge on any atom is -0.504 e. The minimum atomic E-state index is -0.265. The van der Waals surface area contributed by atoms with Gasteiger partial charge in [-0.2, -0.15) is 0 Å². The Morgan fingerprint density at radius 1 is 1.47 bits per heavy atom. The van der Waals surface area contributed by atoms with E-state index in [1.807, 2.05) is 31.2 Å². The smallest absolute Gasteiger partial charge is 0.265 e. The standard InChI is InChI=1S/C11H14N2O2/c1-9-4-3-5-10(8-9)12-13-11(14)6-7-15-2/h3-8,12H,1-2H3,(H,13,14)/b7-6+. The highest BCUT2D eigenvalue weighted by Crippen LogP contribution is 2.07. The Morgan fingerprint density at radius 2 is 2.27 bits per heavy atom. The number of rotatable bonds is 4. The predicted octanol–water partition coefficient (Wildman–Crippen LogP) is 1.60. The fraction of sp³-hybridized carbons (Fsp3) is 0.182. The Hall–Kier alpha value is -1.97. The molecule has 0 saturated heterocycles. The van der Waals surface area contributed by atoms with Gasteiger partial charge in [0.05, 0.1) is 19.1 Å². The van der Waals surface area contributed by atoms with Crippen LogP contribution in [0, 0.1) is 6.92 Å². The van der Waals surface area contributed by atoms with E-state index in [4.69, 9.17) is 0 Å². The third kappa shape index (κ3) is 4.17. The molecule has 0 aliphatic rings. The maximum atomic E-state index is 11.1. The number of aryl methyl sites for hydroxylation is 1. The molecule has 4 nitrogen and oxygen atoms in total. The number of carbonyl (C=O) groups is 1. The van der Waals surface area contributed by atoms with Crippen LogP contribution in [0.25, 0.3) is 0 Å². The van der Waals surface area contributed by atoms with Gasteiger partial charge in [-0.15, -0.1) is 0 Å². The molecule has 1 rings (SSSR count). The summed E-state index contributed by atoms with van der Waals surface area (Å²) in [6.07, 6.45) is 2.61. The number of hydrogen-bond acceptors (Lipinski definition) is 3. The molecule has 1 aromatic carbocycles. The van der Waals surface area contributed by atoms with Crippen molar-refractivity contribution < 1.29 is 9.53 Å². The molecule has 15 heavy (non-hydrogen) atoms. The van der Waals surface area contributed by atoms with E-state index in [9.17, 15) is 4.79 Å². The van der Waals surface area contributed by atoms with E-state index >= 15 is 0 Å². The third-order valence-corrected chi connectivity index (χ3v) is 1.70. The molecule has 0 fully saturated rings. The summed E-state index contributed by atoms with van der Waals surface area (Å²) in [6, 6.07) is 7.69. The number of methoxy groups -OCH3 is 1. The number of hydrogen-bond donors (Lipinski definition) is 2. The van der Waals surface area contributed by atoms with Gasteiger partial charge in [0.15, 0.2) is 0 Å². The third-order valence-electron chi connectivity index (χ3n) is 1.70. The quantitative estimate of drug-likeness (QED) is 0.447. The normalized spacial score (nSPS) is 10.0. The highest BCUT2D eigenvalue weighted by atomic mass is 16.5. The Labute approximate surface area is 88.9 Å². The van der Waals surface area contributed by atoms with Crippen molar-refractivity contribution in [1.29, 1.82) is 0 Å². The second-order valence-corrected chi connectivity index (χ2v) is 3.02. The molecule has 4 heteroatoms. The Kier molecular flexibility index (Phi) is 4.22. The second-order valence-electron chi connectivity index (χ2n) is 3.02. The monoisotopic (exact) mass is 206 g/mol. The maximum Gasteiger partial charge on any atom is 0.265 e. The van der Waals surface area contributed by atoms with Gasteiger partial charge in [-0.05, 0) is 24.6 Å². The Morgan fingerprint density at radius 3 is 2.93 bits per heavy atom. The summed E-state index contributed by atoms with van der Waals surface area (Å²) in [7, 11) is 1.48. The zero-order valence-corrected chi connectivity index (χ0v) is 8.78. The summed E-state index contributed by atoms with van der Waals surface area (Å²) in [4.78, 5) is 11.1. The zero-order chi connectivity index (χ0) is 11.1. The first-order valence-electron chi connectivity index (χ1n) is 4.54. The molecule has 0 heterocycles. The highest BCUT2D eigenvalue weighted by Gasteiger charge is 1.94. The van der Waals surface area contributed by atoms with E-state index in [2.05, 4.69) is 15.6 Å². The van der Waals surface area contributed by atoms with Crippen LogP contribution in [0.15, 0.2) is 36.6 Å². The molecule has 0 saturated carbocycles. The maximum absolute atomic E-state index is 11.1. The van der Waals surface area contributed by atoms with Crippen LogP contribution in [0.4, 0.5) is 5.69 Å². The molecule has 0 atom stereocenters. The predicted molar refractivity (Wildman–Crippen MR) is 59.1 cm³/mol. The molecule has 0 aliphatic heterocycles. The number of anilines is 1. The molecular weight excluding hydrogens is 192 g/mol. The van der Waals surface area contributed by atoms with E-state index < -0.39 is 0 Å². The molecule has 2 N–H and O–H groups in total. The lowest BCUT2D eigenvalue weighted by Gasteiger charge is -2.06. The molecule has 1 amide bonds. The van der Waals surface area contributed by atoms with Crippen LogP contribution < -0.4 is 10.9 Å². The van der Waals surface area contributed by atoms with Crippen molar-refractivity contribution in [3.8, 4) is 0 Å². The van der Waals surface area contributed by atoms with Gasteiger partial charge in [0.25, 0.3) is 5.91 Å². The van der Waals surface area contributed by atoms with Crippen LogP contribution in [-0.2, 0) is 9.53 Å². The average molecular weight is 206 g/mol. The lowest BCUT2D eigenvalue weighted by molar-refractivity contribution is -0.116. The second kappa shape index (κ2) is 5.70. The first kappa shape index (κ1) is 11.1. The molecule has 1 aromatic rings. The van der Waals surface area contributed by atoms with Gasteiger partial charge in [-0.3, -0.25) is 15.6 Å². The van der Waals surface area contributed by atoms with Crippen LogP contribution >= 0.6 is 0 Å². The van der Waals surface area contributed by atoms with Crippen molar-refractivity contribution in [3.05, 3.63) is 42.2 Å². The Bertz CT molecular complexity index is 361. The summed E-state index contributed by atoms with van der Waals surface area (Å²) in [5, 5.41) is 0. The zero-order valence-electron chi connectivity index (χ0n) is 8.78. The molecule has 0 bridgehead atoms. The van der Waals surface area contributed by atoms with Crippen molar-refractivity contribution in [2.45, 2.75) is 6.92 Å². The van der Waals surface area contributed by atoms with Crippen LogP contribution in [-0.4, -0.2) is 13.0 Å². The van der Waals surface area contributed by atoms with E-state index in [0.717, 1.165) is 11.3 Å². The van der Waals surface area contributed by atoms with Crippen LogP contribution in [0.1, 0.15) is 5.56 Å². The summed E-state index contributed by atoms with van der Waals surface area (Å²) in [5.41, 5.74) is 7.26. The molecule has 0 unspecified atom stereocenters. The summed E-state index contributed by atoms with van der Waals surface area (Å²) in [6.45, 7) is 1.98. The topological polar surface area (TPSA) is 50.4 Å². The molecule has 0 aliphatic carbocycles. The average Bonchev–Trinajstić information content (AvgIpc) is 2.23. The Balaban J connectivity index is 2.43. The molecule has 80 valence electrons. The van der Waals surface area contributed by atoms with E-state index in [-0.39, 0.29) is 5.91 Å². The summed E-state index contributed by atoms with van der Waals surface area (Å²) in [5.74, 6) is -0.265. The SMILES string of the molecule is CO/C=C/C(=O)NNc1cccc(C)c1. The number of ether oxygens (including phenoxy) is 1. The van der Waals surface area contributed by atoms with Gasteiger partial charge in [-0.1, -0.05) is 12.1 Å². The molecular formula is C11H14N2O2. The van der Waals surface area contributed by atoms with Crippen molar-refractivity contribution in [3.63, 3.8) is 0 Å². The number of amides is 1. The number of nitrogens with one attached hydrogen (secondary N) is 2. The highest BCUT2D eigenvalue weighted by molar-refractivity contribution is 5.88. The fourth-order valence-corrected chi connectivity index (χ4v) is 1.03. The van der Waals surface area contributed by atoms with Crippen LogP contribution in [0.5, 0.6) is 0 Å². The van der Waals surface area contributed by atoms with E-state index in [1.54, 1.807) is 0 Å². The van der Waals surface area contributed by atoms with Crippen LogP contribution in [0.2, 0.25) is 0 Å². The van der Waals surface area contributed by atoms with Gasteiger partial charge in [0, 0.05) is 6.08 Å². The van der Waals surface area contributed by atoms with E-state index in [0.29, 0.717) is 0 Å².